The maximum Gasteiger partial charge on any atom is 0.341 e. The zero-order valence-electron chi connectivity index (χ0n) is 12.0. The summed E-state index contributed by atoms with van der Waals surface area (Å²) in [4.78, 5) is 16.0. The molecule has 0 radical (unpaired) electrons. The fraction of sp³-hybridized carbons (Fsp3) is 0.0625. The van der Waals surface area contributed by atoms with Crippen molar-refractivity contribution >= 4 is 29.2 Å². The van der Waals surface area contributed by atoms with Crippen LogP contribution in [0.4, 0.5) is 4.39 Å². The number of esters is 1. The summed E-state index contributed by atoms with van der Waals surface area (Å²) >= 11 is 11.7. The zero-order chi connectivity index (χ0) is 17.1. The van der Waals surface area contributed by atoms with Crippen LogP contribution in [0.5, 0.6) is 0 Å². The van der Waals surface area contributed by atoms with Gasteiger partial charge in [0.25, 0.3) is 5.89 Å². The maximum absolute atomic E-state index is 13.6. The van der Waals surface area contributed by atoms with Gasteiger partial charge in [0.1, 0.15) is 5.82 Å². The Hall–Kier alpha value is -2.44. The van der Waals surface area contributed by atoms with Gasteiger partial charge >= 0.3 is 5.97 Å². The topological polar surface area (TPSA) is 65.2 Å². The normalized spacial score (nSPS) is 10.6. The van der Waals surface area contributed by atoms with E-state index in [2.05, 4.69) is 10.1 Å². The molecule has 0 N–H and O–H groups in total. The van der Waals surface area contributed by atoms with Gasteiger partial charge in [-0.1, -0.05) is 40.5 Å². The first kappa shape index (κ1) is 16.4. The van der Waals surface area contributed by atoms with E-state index >= 15 is 0 Å². The van der Waals surface area contributed by atoms with E-state index < -0.39 is 11.8 Å². The highest BCUT2D eigenvalue weighted by atomic mass is 35.5. The van der Waals surface area contributed by atoms with Gasteiger partial charge in [-0.25, -0.2) is 9.18 Å². The van der Waals surface area contributed by atoms with Gasteiger partial charge in [0, 0.05) is 10.6 Å². The Morgan fingerprint density at radius 2 is 2.00 bits per heavy atom. The highest BCUT2D eigenvalue weighted by molar-refractivity contribution is 6.33. The quantitative estimate of drug-likeness (QED) is 0.634. The van der Waals surface area contributed by atoms with Crippen LogP contribution >= 0.6 is 23.2 Å². The van der Waals surface area contributed by atoms with Gasteiger partial charge in [-0.3, -0.25) is 0 Å². The van der Waals surface area contributed by atoms with Gasteiger partial charge in [0.2, 0.25) is 5.82 Å². The van der Waals surface area contributed by atoms with Crippen LogP contribution < -0.4 is 0 Å². The summed E-state index contributed by atoms with van der Waals surface area (Å²) in [6.45, 7) is -0.293. The van der Waals surface area contributed by atoms with Gasteiger partial charge in [-0.15, -0.1) is 0 Å². The largest absolute Gasteiger partial charge is 0.452 e. The Balaban J connectivity index is 1.69. The third kappa shape index (κ3) is 3.55. The van der Waals surface area contributed by atoms with E-state index in [1.807, 2.05) is 0 Å². The summed E-state index contributed by atoms with van der Waals surface area (Å²) in [5, 5.41) is 4.42. The molecule has 122 valence electrons. The Bertz CT molecular complexity index is 899. The second-order valence-electron chi connectivity index (χ2n) is 4.69. The summed E-state index contributed by atoms with van der Waals surface area (Å²) in [5.74, 6) is -1.30. The standard InChI is InChI=1S/C16H9Cl2FN2O3/c17-9-5-6-11(13(19)7-9)16(22)23-8-14-20-15(21-24-14)10-3-1-2-4-12(10)18/h1-7H,8H2. The van der Waals surface area contributed by atoms with E-state index in [1.54, 1.807) is 24.3 Å². The minimum Gasteiger partial charge on any atom is -0.452 e. The first-order valence-electron chi connectivity index (χ1n) is 6.74. The molecule has 0 spiro atoms. The van der Waals surface area contributed by atoms with Crippen molar-refractivity contribution in [1.82, 2.24) is 10.1 Å². The molecule has 0 bridgehead atoms. The maximum atomic E-state index is 13.6. The molecule has 8 heteroatoms. The zero-order valence-corrected chi connectivity index (χ0v) is 13.5. The van der Waals surface area contributed by atoms with Crippen LogP contribution in [-0.2, 0) is 11.3 Å². The second kappa shape index (κ2) is 6.98. The van der Waals surface area contributed by atoms with E-state index in [9.17, 15) is 9.18 Å². The molecule has 0 saturated carbocycles. The molecule has 1 aromatic heterocycles. The monoisotopic (exact) mass is 366 g/mol. The first-order valence-corrected chi connectivity index (χ1v) is 7.50. The predicted molar refractivity (Wildman–Crippen MR) is 85.3 cm³/mol. The third-order valence-electron chi connectivity index (χ3n) is 3.06. The van der Waals surface area contributed by atoms with Crippen molar-refractivity contribution in [3.05, 3.63) is 69.8 Å². The average molecular weight is 367 g/mol. The number of hydrogen-bond donors (Lipinski definition) is 0. The molecular formula is C16H9Cl2FN2O3. The van der Waals surface area contributed by atoms with Crippen LogP contribution in [0.3, 0.4) is 0 Å². The Kier molecular flexibility index (Phi) is 4.78. The third-order valence-corrected chi connectivity index (χ3v) is 3.63. The summed E-state index contributed by atoms with van der Waals surface area (Å²) in [7, 11) is 0. The molecule has 3 rings (SSSR count). The molecule has 5 nitrogen and oxygen atoms in total. The Morgan fingerprint density at radius 3 is 2.75 bits per heavy atom. The van der Waals surface area contributed by atoms with Crippen LogP contribution in [0.1, 0.15) is 16.2 Å². The molecule has 24 heavy (non-hydrogen) atoms. The van der Waals surface area contributed by atoms with Crippen LogP contribution in [-0.4, -0.2) is 16.1 Å². The molecule has 0 aliphatic heterocycles. The molecule has 0 unspecified atom stereocenters. The van der Waals surface area contributed by atoms with Gasteiger partial charge in [0.05, 0.1) is 10.6 Å². The number of carbonyl (C=O) groups is 1. The molecule has 0 fully saturated rings. The number of nitrogens with zero attached hydrogens (tertiary/aromatic N) is 2. The van der Waals surface area contributed by atoms with E-state index in [1.165, 1.54) is 12.1 Å². The minimum atomic E-state index is -0.860. The number of rotatable bonds is 4. The summed E-state index contributed by atoms with van der Waals surface area (Å²) in [5.41, 5.74) is 0.356. The second-order valence-corrected chi connectivity index (χ2v) is 5.54. The lowest BCUT2D eigenvalue weighted by Gasteiger charge is -2.03. The van der Waals surface area contributed by atoms with Crippen molar-refractivity contribution in [2.75, 3.05) is 0 Å². The lowest BCUT2D eigenvalue weighted by molar-refractivity contribution is 0.0424. The fourth-order valence-electron chi connectivity index (χ4n) is 1.93. The van der Waals surface area contributed by atoms with Crippen LogP contribution in [0, 0.1) is 5.82 Å². The van der Waals surface area contributed by atoms with Crippen molar-refractivity contribution in [2.24, 2.45) is 0 Å². The van der Waals surface area contributed by atoms with Crippen LogP contribution in [0.15, 0.2) is 47.0 Å². The van der Waals surface area contributed by atoms with Gasteiger partial charge in [-0.2, -0.15) is 4.98 Å². The number of aromatic nitrogens is 2. The fourth-order valence-corrected chi connectivity index (χ4v) is 2.30. The van der Waals surface area contributed by atoms with Crippen molar-refractivity contribution < 1.29 is 18.4 Å². The lowest BCUT2D eigenvalue weighted by Crippen LogP contribution is -2.07. The van der Waals surface area contributed by atoms with Crippen molar-refractivity contribution in [2.45, 2.75) is 6.61 Å². The molecule has 3 aromatic rings. The molecular weight excluding hydrogens is 358 g/mol. The molecule has 0 saturated heterocycles. The van der Waals surface area contributed by atoms with E-state index in [4.69, 9.17) is 32.5 Å². The van der Waals surface area contributed by atoms with Gasteiger partial charge < -0.3 is 9.26 Å². The van der Waals surface area contributed by atoms with Gasteiger partial charge in [-0.05, 0) is 30.3 Å². The van der Waals surface area contributed by atoms with Crippen LogP contribution in [0.2, 0.25) is 10.0 Å². The van der Waals surface area contributed by atoms with E-state index in [-0.39, 0.29) is 28.9 Å². The Morgan fingerprint density at radius 1 is 1.21 bits per heavy atom. The van der Waals surface area contributed by atoms with Gasteiger partial charge in [0.15, 0.2) is 6.61 Å². The molecule has 1 heterocycles. The highest BCUT2D eigenvalue weighted by Crippen LogP contribution is 2.25. The first-order chi connectivity index (χ1) is 11.5. The molecule has 2 aromatic carbocycles. The molecule has 0 aliphatic carbocycles. The molecule has 0 atom stereocenters. The van der Waals surface area contributed by atoms with E-state index in [0.29, 0.717) is 10.6 Å². The smallest absolute Gasteiger partial charge is 0.341 e. The number of carbonyl (C=O) groups excluding carboxylic acids is 1. The number of halogens is 3. The Labute approximate surface area is 146 Å². The lowest BCUT2D eigenvalue weighted by atomic mass is 10.2. The summed E-state index contributed by atoms with van der Waals surface area (Å²) in [6, 6.07) is 10.6. The molecule has 0 amide bonds. The summed E-state index contributed by atoms with van der Waals surface area (Å²) < 4.78 is 23.6. The van der Waals surface area contributed by atoms with Crippen molar-refractivity contribution in [1.29, 1.82) is 0 Å². The summed E-state index contributed by atoms with van der Waals surface area (Å²) in [6.07, 6.45) is 0. The number of ether oxygens (including phenoxy) is 1. The van der Waals surface area contributed by atoms with Crippen LogP contribution in [0.25, 0.3) is 11.4 Å². The van der Waals surface area contributed by atoms with Crippen molar-refractivity contribution in [3.8, 4) is 11.4 Å². The molecule has 0 aliphatic rings. The van der Waals surface area contributed by atoms with Crippen molar-refractivity contribution in [3.63, 3.8) is 0 Å². The average Bonchev–Trinajstić information content (AvgIpc) is 3.02. The SMILES string of the molecule is O=C(OCc1nc(-c2ccccc2Cl)no1)c1ccc(Cl)cc1F. The van der Waals surface area contributed by atoms with E-state index in [0.717, 1.165) is 6.07 Å². The number of hydrogen-bond acceptors (Lipinski definition) is 5. The highest BCUT2D eigenvalue weighted by Gasteiger charge is 2.16. The number of benzene rings is 2. The predicted octanol–water partition coefficient (Wildman–Crippen LogP) is 4.54. The minimum absolute atomic E-state index is 0.0626.